The molecule has 0 atom stereocenters. The zero-order valence-electron chi connectivity index (χ0n) is 9.31. The van der Waals surface area contributed by atoms with Gasteiger partial charge in [0.1, 0.15) is 5.69 Å². The average molecular weight is 361 g/mol. The number of carbonyl (C=O) groups is 1. The smallest absolute Gasteiger partial charge is 0.352 e. The normalized spacial score (nSPS) is 10.7. The predicted molar refractivity (Wildman–Crippen MR) is 76.9 cm³/mol. The SMILES string of the molecule is CCc1ccsc1Cn1cc(I)cc1C(=O)O. The number of aromatic nitrogens is 1. The van der Waals surface area contributed by atoms with Crippen molar-refractivity contribution in [3.8, 4) is 0 Å². The minimum atomic E-state index is -0.873. The van der Waals surface area contributed by atoms with E-state index in [0.29, 0.717) is 12.2 Å². The molecule has 0 aliphatic heterocycles. The molecule has 3 nitrogen and oxygen atoms in total. The van der Waals surface area contributed by atoms with Crippen molar-refractivity contribution in [3.05, 3.63) is 43.4 Å². The summed E-state index contributed by atoms with van der Waals surface area (Å²) in [5.74, 6) is -0.873. The Hall–Kier alpha value is -0.820. The number of thiophene rings is 1. The van der Waals surface area contributed by atoms with Gasteiger partial charge >= 0.3 is 5.97 Å². The first-order valence-corrected chi connectivity index (χ1v) is 7.22. The highest BCUT2D eigenvalue weighted by molar-refractivity contribution is 14.1. The fourth-order valence-corrected chi connectivity index (χ4v) is 3.37. The highest BCUT2D eigenvalue weighted by atomic mass is 127. The van der Waals surface area contributed by atoms with Gasteiger partial charge in [0.05, 0.1) is 6.54 Å². The van der Waals surface area contributed by atoms with Crippen LogP contribution in [0.3, 0.4) is 0 Å². The Kier molecular flexibility index (Phi) is 3.88. The van der Waals surface area contributed by atoms with Crippen LogP contribution in [0, 0.1) is 3.57 Å². The van der Waals surface area contributed by atoms with Crippen molar-refractivity contribution in [2.45, 2.75) is 19.9 Å². The first-order valence-electron chi connectivity index (χ1n) is 5.26. The Labute approximate surface area is 117 Å². The number of hydrogen-bond acceptors (Lipinski definition) is 2. The summed E-state index contributed by atoms with van der Waals surface area (Å²) in [5, 5.41) is 11.2. The van der Waals surface area contributed by atoms with E-state index in [1.54, 1.807) is 22.0 Å². The van der Waals surface area contributed by atoms with Gasteiger partial charge in [0, 0.05) is 14.6 Å². The van der Waals surface area contributed by atoms with E-state index in [9.17, 15) is 4.79 Å². The van der Waals surface area contributed by atoms with E-state index in [4.69, 9.17) is 5.11 Å². The molecule has 0 fully saturated rings. The van der Waals surface area contributed by atoms with Crippen LogP contribution < -0.4 is 0 Å². The summed E-state index contributed by atoms with van der Waals surface area (Å²) in [6, 6.07) is 3.80. The van der Waals surface area contributed by atoms with E-state index in [2.05, 4.69) is 41.0 Å². The van der Waals surface area contributed by atoms with Crippen LogP contribution in [0.25, 0.3) is 0 Å². The second-order valence-corrected chi connectivity index (χ2v) is 5.95. The van der Waals surface area contributed by atoms with Crippen LogP contribution in [0.4, 0.5) is 0 Å². The van der Waals surface area contributed by atoms with E-state index >= 15 is 0 Å². The highest BCUT2D eigenvalue weighted by Gasteiger charge is 2.13. The number of carboxylic acid groups (broad SMARTS) is 1. The van der Waals surface area contributed by atoms with Crippen molar-refractivity contribution in [2.75, 3.05) is 0 Å². The summed E-state index contributed by atoms with van der Waals surface area (Å²) in [7, 11) is 0. The average Bonchev–Trinajstić information content (AvgIpc) is 2.85. The second-order valence-electron chi connectivity index (χ2n) is 3.70. The molecule has 0 bridgehead atoms. The van der Waals surface area contributed by atoms with Crippen molar-refractivity contribution in [2.24, 2.45) is 0 Å². The third-order valence-corrected chi connectivity index (χ3v) is 4.15. The molecule has 2 rings (SSSR count). The molecule has 0 amide bonds. The predicted octanol–water partition coefficient (Wildman–Crippen LogP) is 3.46. The number of rotatable bonds is 4. The molecule has 0 spiro atoms. The van der Waals surface area contributed by atoms with E-state index in [1.165, 1.54) is 10.4 Å². The fourth-order valence-electron chi connectivity index (χ4n) is 1.76. The summed E-state index contributed by atoms with van der Waals surface area (Å²) in [6.07, 6.45) is 2.86. The molecule has 17 heavy (non-hydrogen) atoms. The summed E-state index contributed by atoms with van der Waals surface area (Å²) in [6.45, 7) is 2.76. The first kappa shape index (κ1) is 12.6. The number of hydrogen-bond donors (Lipinski definition) is 1. The molecule has 0 aliphatic carbocycles. The fraction of sp³-hybridized carbons (Fsp3) is 0.250. The number of aromatic carboxylic acids is 1. The van der Waals surface area contributed by atoms with Gasteiger partial charge in [-0.15, -0.1) is 11.3 Å². The van der Waals surface area contributed by atoms with Crippen LogP contribution in [0.5, 0.6) is 0 Å². The van der Waals surface area contributed by atoms with Crippen molar-refractivity contribution in [3.63, 3.8) is 0 Å². The van der Waals surface area contributed by atoms with Crippen LogP contribution in [-0.2, 0) is 13.0 Å². The van der Waals surface area contributed by atoms with E-state index < -0.39 is 5.97 Å². The molecular weight excluding hydrogens is 349 g/mol. The molecule has 90 valence electrons. The summed E-state index contributed by atoms with van der Waals surface area (Å²) in [5.41, 5.74) is 1.65. The second kappa shape index (κ2) is 5.22. The Morgan fingerprint density at radius 1 is 1.59 bits per heavy atom. The molecule has 0 aliphatic rings. The molecule has 0 aromatic carbocycles. The molecular formula is C12H12INO2S. The lowest BCUT2D eigenvalue weighted by Gasteiger charge is -2.06. The molecule has 0 saturated heterocycles. The lowest BCUT2D eigenvalue weighted by molar-refractivity contribution is 0.0685. The van der Waals surface area contributed by atoms with Crippen molar-refractivity contribution < 1.29 is 9.90 Å². The minimum absolute atomic E-state index is 0.352. The zero-order valence-corrected chi connectivity index (χ0v) is 12.3. The molecule has 2 aromatic heterocycles. The first-order chi connectivity index (χ1) is 8.11. The molecule has 0 unspecified atom stereocenters. The quantitative estimate of drug-likeness (QED) is 0.848. The number of carboxylic acids is 1. The maximum atomic E-state index is 11.1. The number of nitrogens with zero attached hydrogens (tertiary/aromatic N) is 1. The topological polar surface area (TPSA) is 42.2 Å². The van der Waals surface area contributed by atoms with Gasteiger partial charge in [-0.3, -0.25) is 0 Å². The van der Waals surface area contributed by atoms with Gasteiger partial charge in [-0.25, -0.2) is 4.79 Å². The van der Waals surface area contributed by atoms with Crippen LogP contribution in [-0.4, -0.2) is 15.6 Å². The minimum Gasteiger partial charge on any atom is -0.477 e. The van der Waals surface area contributed by atoms with Crippen LogP contribution in [0.15, 0.2) is 23.7 Å². The number of aryl methyl sites for hydroxylation is 1. The van der Waals surface area contributed by atoms with Gasteiger partial charge in [0.2, 0.25) is 0 Å². The zero-order chi connectivity index (χ0) is 12.4. The summed E-state index contributed by atoms with van der Waals surface area (Å²) >= 11 is 3.82. The van der Waals surface area contributed by atoms with Crippen LogP contribution in [0.1, 0.15) is 27.9 Å². The van der Waals surface area contributed by atoms with Crippen LogP contribution >= 0.6 is 33.9 Å². The number of halogens is 1. The molecule has 5 heteroatoms. The van der Waals surface area contributed by atoms with E-state index in [1.807, 2.05) is 6.20 Å². The largest absolute Gasteiger partial charge is 0.477 e. The van der Waals surface area contributed by atoms with Crippen molar-refractivity contribution in [1.29, 1.82) is 0 Å². The third-order valence-electron chi connectivity index (χ3n) is 2.61. The maximum absolute atomic E-state index is 11.1. The standard InChI is InChI=1S/C12H12INO2S/c1-2-8-3-4-17-11(8)7-14-6-9(13)5-10(14)12(15)16/h3-6H,2,7H2,1H3,(H,15,16). The molecule has 2 aromatic rings. The van der Waals surface area contributed by atoms with Gasteiger partial charge in [-0.05, 0) is 52.1 Å². The van der Waals surface area contributed by atoms with Gasteiger partial charge in [0.15, 0.2) is 0 Å². The van der Waals surface area contributed by atoms with Crippen LogP contribution in [0.2, 0.25) is 0 Å². The van der Waals surface area contributed by atoms with Gasteiger partial charge in [-0.2, -0.15) is 0 Å². The lowest BCUT2D eigenvalue weighted by Crippen LogP contribution is -2.08. The monoisotopic (exact) mass is 361 g/mol. The Morgan fingerprint density at radius 3 is 3.00 bits per heavy atom. The Balaban J connectivity index is 2.33. The van der Waals surface area contributed by atoms with Gasteiger partial charge in [-0.1, -0.05) is 6.92 Å². The Morgan fingerprint density at radius 2 is 2.35 bits per heavy atom. The molecule has 0 saturated carbocycles. The van der Waals surface area contributed by atoms with E-state index in [-0.39, 0.29) is 0 Å². The summed E-state index contributed by atoms with van der Waals surface area (Å²) < 4.78 is 2.75. The third kappa shape index (κ3) is 2.71. The van der Waals surface area contributed by atoms with Crippen molar-refractivity contribution >= 4 is 39.9 Å². The Bertz CT molecular complexity index is 544. The molecule has 2 heterocycles. The van der Waals surface area contributed by atoms with Gasteiger partial charge in [0.25, 0.3) is 0 Å². The molecule has 1 N–H and O–H groups in total. The molecule has 0 radical (unpaired) electrons. The lowest BCUT2D eigenvalue weighted by atomic mass is 10.2. The highest BCUT2D eigenvalue weighted by Crippen LogP contribution is 2.21. The van der Waals surface area contributed by atoms with E-state index in [0.717, 1.165) is 9.99 Å². The maximum Gasteiger partial charge on any atom is 0.352 e. The van der Waals surface area contributed by atoms with Crippen molar-refractivity contribution in [1.82, 2.24) is 4.57 Å². The summed E-state index contributed by atoms with van der Waals surface area (Å²) in [4.78, 5) is 12.3. The van der Waals surface area contributed by atoms with Gasteiger partial charge < -0.3 is 9.67 Å².